The van der Waals surface area contributed by atoms with Crippen molar-refractivity contribution in [2.75, 3.05) is 0 Å². The van der Waals surface area contributed by atoms with Gasteiger partial charge in [0.05, 0.1) is 0 Å². The predicted molar refractivity (Wildman–Crippen MR) is 87.0 cm³/mol. The van der Waals surface area contributed by atoms with Gasteiger partial charge in [-0.2, -0.15) is 0 Å². The van der Waals surface area contributed by atoms with Gasteiger partial charge in [0.25, 0.3) is 0 Å². The zero-order valence-corrected chi connectivity index (χ0v) is 13.2. The minimum absolute atomic E-state index is 0.285. The van der Waals surface area contributed by atoms with Gasteiger partial charge in [0.15, 0.2) is 0 Å². The molecule has 0 aliphatic rings. The molecule has 0 saturated carbocycles. The maximum Gasteiger partial charge on any atom is 0.303 e. The molecule has 0 heterocycles. The van der Waals surface area contributed by atoms with Crippen LogP contribution in [0.25, 0.3) is 0 Å². The number of unbranched alkanes of at least 4 members (excludes halogenated alkanes) is 8. The molecule has 0 fully saturated rings. The normalized spacial score (nSPS) is 11.7. The molecule has 2 heteroatoms. The second-order valence-corrected chi connectivity index (χ2v) is 5.36. The van der Waals surface area contributed by atoms with E-state index >= 15 is 0 Å². The smallest absolute Gasteiger partial charge is 0.303 e. The molecule has 0 bridgehead atoms. The molecule has 0 aliphatic heterocycles. The van der Waals surface area contributed by atoms with E-state index in [2.05, 4.69) is 31.2 Å². The second kappa shape index (κ2) is 16.0. The molecule has 0 rings (SSSR count). The van der Waals surface area contributed by atoms with Gasteiger partial charge >= 0.3 is 5.97 Å². The highest BCUT2D eigenvalue weighted by molar-refractivity contribution is 5.66. The number of hydrogen-bond acceptors (Lipinski definition) is 1. The summed E-state index contributed by atoms with van der Waals surface area (Å²) in [5.41, 5.74) is 0. The van der Waals surface area contributed by atoms with Crippen LogP contribution in [0.4, 0.5) is 0 Å². The van der Waals surface area contributed by atoms with Crippen LogP contribution in [0.1, 0.15) is 84.0 Å². The minimum atomic E-state index is -0.695. The van der Waals surface area contributed by atoms with E-state index in [9.17, 15) is 4.79 Å². The standard InChI is InChI=1S/C18H32O2/c1-2-3-4-5-6-7-8-9-10-11-12-13-14-15-16-17-18(19)20/h7-8,13-14H,2-6,9-12,15-17H2,1H3,(H,19,20). The molecule has 0 atom stereocenters. The summed E-state index contributed by atoms with van der Waals surface area (Å²) in [4.78, 5) is 10.3. The van der Waals surface area contributed by atoms with Crippen LogP contribution >= 0.6 is 0 Å². The number of aliphatic carboxylic acids is 1. The third-order valence-corrected chi connectivity index (χ3v) is 3.31. The summed E-state index contributed by atoms with van der Waals surface area (Å²) in [5.74, 6) is -0.695. The van der Waals surface area contributed by atoms with Crippen molar-refractivity contribution >= 4 is 5.97 Å². The van der Waals surface area contributed by atoms with Gasteiger partial charge in [-0.25, -0.2) is 0 Å². The summed E-state index contributed by atoms with van der Waals surface area (Å²) in [7, 11) is 0. The molecule has 0 unspecified atom stereocenters. The number of hydrogen-bond donors (Lipinski definition) is 1. The Morgan fingerprint density at radius 2 is 1.20 bits per heavy atom. The molecule has 0 amide bonds. The van der Waals surface area contributed by atoms with Gasteiger partial charge in [0, 0.05) is 6.42 Å². The lowest BCUT2D eigenvalue weighted by molar-refractivity contribution is -0.137. The molecule has 0 spiro atoms. The van der Waals surface area contributed by atoms with Crippen molar-refractivity contribution in [1.29, 1.82) is 0 Å². The summed E-state index contributed by atoms with van der Waals surface area (Å²) >= 11 is 0. The van der Waals surface area contributed by atoms with Crippen molar-refractivity contribution in [1.82, 2.24) is 0 Å². The highest BCUT2D eigenvalue weighted by Crippen LogP contribution is 2.06. The van der Waals surface area contributed by atoms with E-state index in [1.165, 1.54) is 51.4 Å². The van der Waals surface area contributed by atoms with Crippen LogP contribution in [0.5, 0.6) is 0 Å². The van der Waals surface area contributed by atoms with E-state index in [-0.39, 0.29) is 6.42 Å². The fourth-order valence-electron chi connectivity index (χ4n) is 2.06. The molecule has 0 aromatic heterocycles. The van der Waals surface area contributed by atoms with Crippen LogP contribution in [-0.2, 0) is 4.79 Å². The molecular weight excluding hydrogens is 248 g/mol. The zero-order valence-electron chi connectivity index (χ0n) is 13.2. The summed E-state index contributed by atoms with van der Waals surface area (Å²) in [6.07, 6.45) is 22.3. The van der Waals surface area contributed by atoms with Crippen molar-refractivity contribution in [3.63, 3.8) is 0 Å². The van der Waals surface area contributed by atoms with Crippen LogP contribution in [0.15, 0.2) is 24.3 Å². The van der Waals surface area contributed by atoms with Crippen molar-refractivity contribution in [2.45, 2.75) is 84.0 Å². The first kappa shape index (κ1) is 18.9. The monoisotopic (exact) mass is 280 g/mol. The molecule has 0 aromatic carbocycles. The van der Waals surface area contributed by atoms with Crippen LogP contribution in [0.2, 0.25) is 0 Å². The van der Waals surface area contributed by atoms with Crippen LogP contribution < -0.4 is 0 Å². The molecular formula is C18H32O2. The van der Waals surface area contributed by atoms with Gasteiger partial charge in [-0.05, 0) is 51.4 Å². The molecule has 2 nitrogen and oxygen atoms in total. The first-order valence-electron chi connectivity index (χ1n) is 8.29. The lowest BCUT2D eigenvalue weighted by Gasteiger charge is -1.95. The van der Waals surface area contributed by atoms with E-state index in [0.29, 0.717) is 0 Å². The van der Waals surface area contributed by atoms with E-state index < -0.39 is 5.97 Å². The molecule has 116 valence electrons. The largest absolute Gasteiger partial charge is 0.481 e. The Hall–Kier alpha value is -1.05. The summed E-state index contributed by atoms with van der Waals surface area (Å²) < 4.78 is 0. The Morgan fingerprint density at radius 1 is 0.750 bits per heavy atom. The van der Waals surface area contributed by atoms with E-state index in [1.807, 2.05) is 0 Å². The van der Waals surface area contributed by atoms with Crippen molar-refractivity contribution in [2.24, 2.45) is 0 Å². The maximum atomic E-state index is 10.3. The second-order valence-electron chi connectivity index (χ2n) is 5.36. The number of carboxylic acid groups (broad SMARTS) is 1. The van der Waals surface area contributed by atoms with Gasteiger partial charge < -0.3 is 5.11 Å². The van der Waals surface area contributed by atoms with Crippen molar-refractivity contribution in [3.8, 4) is 0 Å². The van der Waals surface area contributed by atoms with E-state index in [0.717, 1.165) is 19.3 Å². The first-order valence-corrected chi connectivity index (χ1v) is 8.29. The van der Waals surface area contributed by atoms with Gasteiger partial charge in [-0.3, -0.25) is 4.79 Å². The van der Waals surface area contributed by atoms with Crippen LogP contribution in [0, 0.1) is 0 Å². The maximum absolute atomic E-state index is 10.3. The molecule has 0 aromatic rings. The molecule has 1 N–H and O–H groups in total. The third-order valence-electron chi connectivity index (χ3n) is 3.31. The van der Waals surface area contributed by atoms with Crippen LogP contribution in [-0.4, -0.2) is 11.1 Å². The molecule has 0 saturated heterocycles. The highest BCUT2D eigenvalue weighted by Gasteiger charge is 1.93. The topological polar surface area (TPSA) is 37.3 Å². The number of rotatable bonds is 14. The molecule has 0 radical (unpaired) electrons. The minimum Gasteiger partial charge on any atom is -0.481 e. The quantitative estimate of drug-likeness (QED) is 0.318. The summed E-state index contributed by atoms with van der Waals surface area (Å²) in [5, 5.41) is 8.49. The fourth-order valence-corrected chi connectivity index (χ4v) is 2.06. The summed E-state index contributed by atoms with van der Waals surface area (Å²) in [6, 6.07) is 0. The van der Waals surface area contributed by atoms with Gasteiger partial charge in [0.1, 0.15) is 0 Å². The van der Waals surface area contributed by atoms with Gasteiger partial charge in [-0.15, -0.1) is 0 Å². The molecule has 20 heavy (non-hydrogen) atoms. The lowest BCUT2D eigenvalue weighted by atomic mass is 10.1. The average Bonchev–Trinajstić information content (AvgIpc) is 2.43. The molecule has 0 aliphatic carbocycles. The summed E-state index contributed by atoms with van der Waals surface area (Å²) in [6.45, 7) is 2.25. The lowest BCUT2D eigenvalue weighted by Crippen LogP contribution is -1.92. The Balaban J connectivity index is 3.17. The Kier molecular flexibility index (Phi) is 15.2. The van der Waals surface area contributed by atoms with Gasteiger partial charge in [0.2, 0.25) is 0 Å². The Morgan fingerprint density at radius 3 is 1.65 bits per heavy atom. The van der Waals surface area contributed by atoms with E-state index in [4.69, 9.17) is 5.11 Å². The first-order chi connectivity index (χ1) is 9.77. The predicted octanol–water partition coefficient (Wildman–Crippen LogP) is 5.88. The Labute approximate surface area is 125 Å². The fraction of sp³-hybridized carbons (Fsp3) is 0.722. The van der Waals surface area contributed by atoms with Gasteiger partial charge in [-0.1, -0.05) is 50.5 Å². The van der Waals surface area contributed by atoms with Crippen LogP contribution in [0.3, 0.4) is 0 Å². The van der Waals surface area contributed by atoms with Crippen molar-refractivity contribution in [3.05, 3.63) is 24.3 Å². The zero-order chi connectivity index (χ0) is 14.9. The number of carbonyl (C=O) groups is 1. The Bertz CT molecular complexity index is 267. The van der Waals surface area contributed by atoms with Crippen molar-refractivity contribution < 1.29 is 9.90 Å². The third kappa shape index (κ3) is 16.9. The SMILES string of the molecule is CCCCCCC=CCCCCC=CCCCC(=O)O. The van der Waals surface area contributed by atoms with E-state index in [1.54, 1.807) is 0 Å². The number of carboxylic acids is 1. The highest BCUT2D eigenvalue weighted by atomic mass is 16.4. The number of allylic oxidation sites excluding steroid dienone is 4. The average molecular weight is 280 g/mol.